The molecule has 14 heteroatoms. The first-order valence-electron chi connectivity index (χ1n) is 35.6. The number of carbonyl (C=O) groups is 1. The maximum Gasteiger partial charge on any atom is 0.220 e. The Kier molecular flexibility index (Phi) is 51.9. The molecular weight excluding hydrogens is 1060 g/mol. The zero-order chi connectivity index (χ0) is 60.9. The molecule has 2 rings (SSSR count). The summed E-state index contributed by atoms with van der Waals surface area (Å²) in [5, 5.41) is 87.1. The third-order valence-electron chi connectivity index (χ3n) is 17.6. The average molecular weight is 1200 g/mol. The number of rotatable bonds is 59. The van der Waals surface area contributed by atoms with Crippen molar-refractivity contribution in [2.75, 3.05) is 19.8 Å². The average Bonchev–Trinajstić information content (AvgIpc) is 3.59. The Morgan fingerprint density at radius 3 is 1.13 bits per heavy atom. The van der Waals surface area contributed by atoms with Gasteiger partial charge in [0.1, 0.15) is 48.8 Å². The fourth-order valence-corrected chi connectivity index (χ4v) is 11.9. The number of carbonyl (C=O) groups excluding carboxylic acids is 1. The van der Waals surface area contributed by atoms with Crippen LogP contribution in [0.1, 0.15) is 322 Å². The van der Waals surface area contributed by atoms with Crippen LogP contribution in [-0.2, 0) is 23.7 Å². The van der Waals surface area contributed by atoms with E-state index >= 15 is 0 Å². The molecule has 2 fully saturated rings. The Bertz CT molecular complexity index is 1500. The van der Waals surface area contributed by atoms with Crippen LogP contribution in [0, 0.1) is 0 Å². The van der Waals surface area contributed by atoms with Gasteiger partial charge in [-0.05, 0) is 44.9 Å². The van der Waals surface area contributed by atoms with E-state index in [1.807, 2.05) is 6.08 Å². The highest BCUT2D eigenvalue weighted by atomic mass is 16.7. The molecule has 14 nitrogen and oxygen atoms in total. The summed E-state index contributed by atoms with van der Waals surface area (Å²) in [7, 11) is 0. The molecule has 2 saturated heterocycles. The van der Waals surface area contributed by atoms with E-state index in [9.17, 15) is 45.6 Å². The first kappa shape index (κ1) is 78.6. The Hall–Kier alpha value is -1.53. The lowest BCUT2D eigenvalue weighted by Crippen LogP contribution is -2.65. The fraction of sp³-hybridized carbons (Fsp3) is 0.929. The monoisotopic (exact) mass is 1200 g/mol. The lowest BCUT2D eigenvalue weighted by atomic mass is 9.97. The maximum atomic E-state index is 13.3. The number of nitrogens with one attached hydrogen (secondary N) is 1. The van der Waals surface area contributed by atoms with E-state index in [4.69, 9.17) is 18.9 Å². The Morgan fingerprint density at radius 2 is 0.750 bits per heavy atom. The molecule has 2 aliphatic heterocycles. The number of hydrogen-bond acceptors (Lipinski definition) is 13. The van der Waals surface area contributed by atoms with Gasteiger partial charge in [-0.3, -0.25) is 4.79 Å². The van der Waals surface area contributed by atoms with E-state index < -0.39 is 86.8 Å². The molecule has 2 aliphatic rings. The van der Waals surface area contributed by atoms with E-state index in [-0.39, 0.29) is 18.9 Å². The third-order valence-corrected chi connectivity index (χ3v) is 17.6. The van der Waals surface area contributed by atoms with Crippen molar-refractivity contribution in [2.24, 2.45) is 0 Å². The standard InChI is InChI=1S/C70H133NO13/c1-3-5-7-9-11-13-15-16-17-18-19-20-21-22-23-24-25-26-27-28-29-30-31-32-33-34-35-36-37-38-39-40-41-42-44-46-48-50-52-54-62(75)71-58(59(74)53-51-49-47-45-43-14-12-10-8-6-4-2)57-81-69-67(80)65(78)68(61(56-73)83-69)84-70-66(79)64(77)63(76)60(55-72)82-70/h18-19,51,53,58-61,63-70,72-74,76-80H,3-17,20-50,52,54-57H2,1-2H3,(H,71,75)/b19-18-,53-51+. The molecule has 2 heterocycles. The molecule has 0 aromatic carbocycles. The molecular formula is C70H133NO13. The van der Waals surface area contributed by atoms with Gasteiger partial charge in [-0.1, -0.05) is 295 Å². The second-order valence-corrected chi connectivity index (χ2v) is 25.4. The molecule has 0 aromatic rings. The van der Waals surface area contributed by atoms with Crippen LogP contribution in [0.2, 0.25) is 0 Å². The van der Waals surface area contributed by atoms with Crippen LogP contribution in [-0.4, -0.2) is 140 Å². The summed E-state index contributed by atoms with van der Waals surface area (Å²) in [6.45, 7) is 2.81. The van der Waals surface area contributed by atoms with Gasteiger partial charge < -0.3 is 65.1 Å². The van der Waals surface area contributed by atoms with Crippen LogP contribution in [0.5, 0.6) is 0 Å². The molecule has 0 saturated carbocycles. The van der Waals surface area contributed by atoms with Crippen molar-refractivity contribution in [3.05, 3.63) is 24.3 Å². The van der Waals surface area contributed by atoms with Crippen LogP contribution in [0.15, 0.2) is 24.3 Å². The van der Waals surface area contributed by atoms with Crippen molar-refractivity contribution in [1.82, 2.24) is 5.32 Å². The van der Waals surface area contributed by atoms with Crippen LogP contribution in [0.4, 0.5) is 0 Å². The summed E-state index contributed by atoms with van der Waals surface area (Å²) in [4.78, 5) is 13.3. The third kappa shape index (κ3) is 39.5. The molecule has 84 heavy (non-hydrogen) atoms. The molecule has 496 valence electrons. The van der Waals surface area contributed by atoms with Crippen molar-refractivity contribution >= 4 is 5.91 Å². The van der Waals surface area contributed by atoms with Gasteiger partial charge in [0, 0.05) is 6.42 Å². The predicted molar refractivity (Wildman–Crippen MR) is 342 cm³/mol. The van der Waals surface area contributed by atoms with Gasteiger partial charge in [0.05, 0.1) is 32.0 Å². The van der Waals surface area contributed by atoms with Gasteiger partial charge >= 0.3 is 0 Å². The number of amides is 1. The van der Waals surface area contributed by atoms with Crippen molar-refractivity contribution in [2.45, 2.75) is 396 Å². The zero-order valence-electron chi connectivity index (χ0n) is 53.9. The van der Waals surface area contributed by atoms with E-state index in [1.54, 1.807) is 6.08 Å². The van der Waals surface area contributed by atoms with Crippen LogP contribution >= 0.6 is 0 Å². The minimum atomic E-state index is -1.79. The number of allylic oxidation sites excluding steroid dienone is 3. The van der Waals surface area contributed by atoms with Crippen molar-refractivity contribution in [3.63, 3.8) is 0 Å². The van der Waals surface area contributed by atoms with Crippen LogP contribution in [0.3, 0.4) is 0 Å². The Morgan fingerprint density at radius 1 is 0.417 bits per heavy atom. The van der Waals surface area contributed by atoms with E-state index in [2.05, 4.69) is 31.3 Å². The summed E-state index contributed by atoms with van der Waals surface area (Å²) in [5.74, 6) is -0.234. The summed E-state index contributed by atoms with van der Waals surface area (Å²) >= 11 is 0. The van der Waals surface area contributed by atoms with Gasteiger partial charge in [-0.25, -0.2) is 0 Å². The number of aliphatic hydroxyl groups is 8. The van der Waals surface area contributed by atoms with Crippen LogP contribution in [0.25, 0.3) is 0 Å². The van der Waals surface area contributed by atoms with E-state index in [0.29, 0.717) is 6.42 Å². The summed E-state index contributed by atoms with van der Waals surface area (Å²) < 4.78 is 22.8. The van der Waals surface area contributed by atoms with Crippen LogP contribution < -0.4 is 5.32 Å². The van der Waals surface area contributed by atoms with E-state index in [1.165, 1.54) is 257 Å². The number of aliphatic hydroxyl groups excluding tert-OH is 8. The number of hydrogen-bond donors (Lipinski definition) is 9. The molecule has 0 radical (unpaired) electrons. The van der Waals surface area contributed by atoms with Gasteiger partial charge in [0.15, 0.2) is 12.6 Å². The van der Waals surface area contributed by atoms with Gasteiger partial charge in [0.2, 0.25) is 5.91 Å². The second-order valence-electron chi connectivity index (χ2n) is 25.4. The highest BCUT2D eigenvalue weighted by Gasteiger charge is 2.51. The van der Waals surface area contributed by atoms with Crippen molar-refractivity contribution in [3.8, 4) is 0 Å². The first-order valence-corrected chi connectivity index (χ1v) is 35.6. The lowest BCUT2D eigenvalue weighted by Gasteiger charge is -2.46. The molecule has 0 bridgehead atoms. The summed E-state index contributed by atoms with van der Waals surface area (Å²) in [6, 6.07) is -0.910. The maximum absolute atomic E-state index is 13.3. The summed E-state index contributed by atoms with van der Waals surface area (Å²) in [5.41, 5.74) is 0. The van der Waals surface area contributed by atoms with Crippen molar-refractivity contribution in [1.29, 1.82) is 0 Å². The second kappa shape index (κ2) is 55.5. The largest absolute Gasteiger partial charge is 0.394 e. The topological polar surface area (TPSA) is 228 Å². The fourth-order valence-electron chi connectivity index (χ4n) is 11.9. The summed E-state index contributed by atoms with van der Waals surface area (Å²) in [6.07, 6.45) is 52.9. The normalized spacial score (nSPS) is 23.7. The SMILES string of the molecule is CCCCCCCCCC/C=C\CCCCCCCCCCCCCCCCCCCCCCCCCCCCCC(=O)NC(COC1OC(CO)C(OC2OC(CO)C(O)C(O)C2O)C(O)C1O)C(O)/C=C/CCCCCCCCCCC. The number of unbranched alkanes of at least 4 members (excludes halogenated alkanes) is 44. The van der Waals surface area contributed by atoms with E-state index in [0.717, 1.165) is 38.5 Å². The molecule has 12 atom stereocenters. The molecule has 1 amide bonds. The molecule has 0 spiro atoms. The molecule has 0 aliphatic carbocycles. The van der Waals surface area contributed by atoms with Gasteiger partial charge in [0.25, 0.3) is 0 Å². The quantitative estimate of drug-likeness (QED) is 0.0204. The zero-order valence-corrected chi connectivity index (χ0v) is 53.9. The number of ether oxygens (including phenoxy) is 4. The lowest BCUT2D eigenvalue weighted by molar-refractivity contribution is -0.359. The minimum Gasteiger partial charge on any atom is -0.394 e. The Balaban J connectivity index is 1.52. The first-order chi connectivity index (χ1) is 41.1. The van der Waals surface area contributed by atoms with Gasteiger partial charge in [-0.2, -0.15) is 0 Å². The molecule has 9 N–H and O–H groups in total. The van der Waals surface area contributed by atoms with Crippen molar-refractivity contribution < 1.29 is 64.6 Å². The molecule has 0 aromatic heterocycles. The predicted octanol–water partition coefficient (Wildman–Crippen LogP) is 14.3. The molecule has 12 unspecified atom stereocenters. The highest BCUT2D eigenvalue weighted by Crippen LogP contribution is 2.30. The highest BCUT2D eigenvalue weighted by molar-refractivity contribution is 5.76. The van der Waals surface area contributed by atoms with Gasteiger partial charge in [-0.15, -0.1) is 0 Å². The Labute approximate surface area is 513 Å². The smallest absolute Gasteiger partial charge is 0.220 e. The minimum absolute atomic E-state index is 0.234.